The predicted octanol–water partition coefficient (Wildman–Crippen LogP) is 4.59. The van der Waals surface area contributed by atoms with Crippen molar-refractivity contribution in [3.05, 3.63) is 41.2 Å². The third kappa shape index (κ3) is 4.05. The zero-order valence-electron chi connectivity index (χ0n) is 18.5. The van der Waals surface area contributed by atoms with E-state index >= 15 is 4.39 Å². The highest BCUT2D eigenvalue weighted by atomic mass is 35.5. The van der Waals surface area contributed by atoms with Crippen LogP contribution in [0.5, 0.6) is 0 Å². The van der Waals surface area contributed by atoms with Crippen molar-refractivity contribution in [3.8, 4) is 17.2 Å². The summed E-state index contributed by atoms with van der Waals surface area (Å²) >= 11 is 13.3. The molecule has 0 saturated carbocycles. The first-order valence-corrected chi connectivity index (χ1v) is 12.5. The van der Waals surface area contributed by atoms with E-state index < -0.39 is 17.7 Å². The fourth-order valence-electron chi connectivity index (χ4n) is 4.54. The van der Waals surface area contributed by atoms with Crippen molar-refractivity contribution in [2.24, 2.45) is 0 Å². The first-order valence-electron chi connectivity index (χ1n) is 10.8. The summed E-state index contributed by atoms with van der Waals surface area (Å²) in [5.74, 6) is -1.22. The zero-order chi connectivity index (χ0) is 25.6. The van der Waals surface area contributed by atoms with Crippen LogP contribution in [0.25, 0.3) is 32.2 Å². The minimum Gasteiger partial charge on any atom is -0.375 e. The van der Waals surface area contributed by atoms with Crippen LogP contribution in [-0.2, 0) is 4.79 Å². The smallest absolute Gasteiger partial charge is 0.237 e. The van der Waals surface area contributed by atoms with Crippen molar-refractivity contribution in [2.75, 3.05) is 36.1 Å². The van der Waals surface area contributed by atoms with Gasteiger partial charge in [0.15, 0.2) is 10.9 Å². The van der Waals surface area contributed by atoms with E-state index in [2.05, 4.69) is 21.0 Å². The summed E-state index contributed by atoms with van der Waals surface area (Å²) in [4.78, 5) is 28.4. The number of anilines is 2. The van der Waals surface area contributed by atoms with E-state index in [1.165, 1.54) is 18.5 Å². The van der Waals surface area contributed by atoms with Crippen molar-refractivity contribution in [1.29, 1.82) is 5.26 Å². The normalized spacial score (nSPS) is 16.0. The molecule has 8 nitrogen and oxygen atoms in total. The number of amides is 1. The number of alkyl halides is 1. The fraction of sp³-hybridized carbons (Fsp3) is 0.261. The second kappa shape index (κ2) is 9.61. The van der Waals surface area contributed by atoms with Crippen LogP contribution in [0.3, 0.4) is 0 Å². The Balaban J connectivity index is 1.61. The molecule has 0 bridgehead atoms. The predicted molar refractivity (Wildman–Crippen MR) is 136 cm³/mol. The molecule has 1 atom stereocenters. The summed E-state index contributed by atoms with van der Waals surface area (Å²) in [6.45, 7) is 1.03. The van der Waals surface area contributed by atoms with Gasteiger partial charge in [-0.1, -0.05) is 22.9 Å². The number of benzene rings is 2. The van der Waals surface area contributed by atoms with E-state index in [1.807, 2.05) is 4.90 Å². The number of halogens is 4. The number of carbonyl (C=O) groups is 1. The largest absolute Gasteiger partial charge is 0.375 e. The lowest BCUT2D eigenvalue weighted by Gasteiger charge is -2.41. The number of hydrogen-bond acceptors (Lipinski definition) is 8. The molecule has 1 aliphatic heterocycles. The van der Waals surface area contributed by atoms with E-state index in [4.69, 9.17) is 28.9 Å². The quantitative estimate of drug-likeness (QED) is 0.372. The second-order valence-corrected chi connectivity index (χ2v) is 9.85. The van der Waals surface area contributed by atoms with Crippen molar-refractivity contribution < 1.29 is 13.6 Å². The number of nitriles is 1. The summed E-state index contributed by atoms with van der Waals surface area (Å²) in [5.41, 5.74) is 6.35. The maximum atomic E-state index is 16.0. The van der Waals surface area contributed by atoms with Gasteiger partial charge in [0.2, 0.25) is 5.91 Å². The summed E-state index contributed by atoms with van der Waals surface area (Å²) in [6.07, 6.45) is 1.36. The lowest BCUT2D eigenvalue weighted by atomic mass is 10.0. The number of nitrogens with two attached hydrogens (primary N) is 1. The van der Waals surface area contributed by atoms with Gasteiger partial charge in [-0.2, -0.15) is 5.26 Å². The highest BCUT2D eigenvalue weighted by Gasteiger charge is 2.32. The molecule has 1 fully saturated rings. The van der Waals surface area contributed by atoms with Gasteiger partial charge in [0.1, 0.15) is 29.4 Å². The summed E-state index contributed by atoms with van der Waals surface area (Å²) in [6, 6.07) is 5.89. The molecule has 2 N–H and O–H groups in total. The lowest BCUT2D eigenvalue weighted by molar-refractivity contribution is -0.131. The van der Waals surface area contributed by atoms with Gasteiger partial charge in [-0.25, -0.2) is 23.7 Å². The molecule has 0 radical (unpaired) electrons. The Morgan fingerprint density at radius 3 is 2.83 bits per heavy atom. The van der Waals surface area contributed by atoms with Crippen LogP contribution in [0.15, 0.2) is 24.5 Å². The standard InChI is InChI=1S/C23H17Cl2F2N7OS/c24-8-16(35)34-6-5-33(9-11(34)3-4-28)22-13-7-14(25)17(18(27)19(13)30-10-31-22)12-1-2-15(26)21-20(12)32-23(29)36-21/h1-2,7,10-11H,3,5-6,8-9H2,(H2,29,32)/t11-/m0/s1. The molecule has 2 aromatic heterocycles. The highest BCUT2D eigenvalue weighted by molar-refractivity contribution is 7.22. The molecule has 184 valence electrons. The lowest BCUT2D eigenvalue weighted by Crippen LogP contribution is -2.55. The zero-order valence-corrected chi connectivity index (χ0v) is 20.8. The van der Waals surface area contributed by atoms with E-state index in [9.17, 15) is 14.4 Å². The Kier molecular flexibility index (Phi) is 6.51. The number of carbonyl (C=O) groups excluding carboxylic acids is 1. The molecule has 13 heteroatoms. The minimum absolute atomic E-state index is 0.0242. The van der Waals surface area contributed by atoms with Gasteiger partial charge in [0.05, 0.1) is 33.8 Å². The molecular weight excluding hydrogens is 531 g/mol. The summed E-state index contributed by atoms with van der Waals surface area (Å²) in [5, 5.41) is 9.84. The van der Waals surface area contributed by atoms with Crippen molar-refractivity contribution in [2.45, 2.75) is 12.5 Å². The van der Waals surface area contributed by atoms with E-state index in [0.29, 0.717) is 36.4 Å². The molecule has 0 unspecified atom stereocenters. The number of thiazole rings is 1. The van der Waals surface area contributed by atoms with Gasteiger partial charge >= 0.3 is 0 Å². The molecule has 3 heterocycles. The van der Waals surface area contributed by atoms with Crippen LogP contribution < -0.4 is 10.6 Å². The molecule has 36 heavy (non-hydrogen) atoms. The fourth-order valence-corrected chi connectivity index (χ4v) is 5.75. The number of fused-ring (bicyclic) bond motifs is 2. The Bertz CT molecular complexity index is 1560. The first-order chi connectivity index (χ1) is 17.3. The number of piperazine rings is 1. The van der Waals surface area contributed by atoms with E-state index in [1.54, 1.807) is 11.0 Å². The minimum atomic E-state index is -0.704. The molecule has 4 aromatic rings. The van der Waals surface area contributed by atoms with Crippen molar-refractivity contribution >= 4 is 72.5 Å². The summed E-state index contributed by atoms with van der Waals surface area (Å²) < 4.78 is 30.5. The molecular formula is C23H17Cl2F2N7OS. The molecule has 1 saturated heterocycles. The first kappa shape index (κ1) is 24.4. The average molecular weight is 548 g/mol. The van der Waals surface area contributed by atoms with E-state index in [0.717, 1.165) is 11.3 Å². The topological polar surface area (TPSA) is 112 Å². The molecule has 0 aliphatic carbocycles. The number of nitrogen functional groups attached to an aromatic ring is 1. The Labute approximate surface area is 217 Å². The maximum Gasteiger partial charge on any atom is 0.237 e. The van der Waals surface area contributed by atoms with Gasteiger partial charge in [-0.05, 0) is 18.2 Å². The molecule has 0 spiro atoms. The Morgan fingerprint density at radius 1 is 1.28 bits per heavy atom. The molecule has 1 aliphatic rings. The number of rotatable bonds is 4. The monoisotopic (exact) mass is 547 g/mol. The Morgan fingerprint density at radius 2 is 2.08 bits per heavy atom. The Hall–Kier alpha value is -3.33. The van der Waals surface area contributed by atoms with Crippen molar-refractivity contribution in [1.82, 2.24) is 19.9 Å². The van der Waals surface area contributed by atoms with Crippen molar-refractivity contribution in [3.63, 3.8) is 0 Å². The van der Waals surface area contributed by atoms with Crippen LogP contribution in [-0.4, -0.2) is 57.3 Å². The average Bonchev–Trinajstić information content (AvgIpc) is 3.27. The van der Waals surface area contributed by atoms with Gasteiger partial charge < -0.3 is 15.5 Å². The van der Waals surface area contributed by atoms with Crippen LogP contribution in [0.4, 0.5) is 19.7 Å². The number of nitrogens with zero attached hydrogens (tertiary/aromatic N) is 6. The second-order valence-electron chi connectivity index (χ2n) is 8.15. The van der Waals surface area contributed by atoms with E-state index in [-0.39, 0.29) is 49.7 Å². The van der Waals surface area contributed by atoms with Gasteiger partial charge in [0, 0.05) is 36.1 Å². The maximum absolute atomic E-state index is 16.0. The molecule has 2 aromatic carbocycles. The van der Waals surface area contributed by atoms with Gasteiger partial charge in [-0.3, -0.25) is 4.79 Å². The summed E-state index contributed by atoms with van der Waals surface area (Å²) in [7, 11) is 0. The third-order valence-corrected chi connectivity index (χ3v) is 7.55. The molecule has 1 amide bonds. The van der Waals surface area contributed by atoms with Crippen LogP contribution in [0.1, 0.15) is 6.42 Å². The van der Waals surface area contributed by atoms with Gasteiger partial charge in [0.25, 0.3) is 0 Å². The van der Waals surface area contributed by atoms with Crippen LogP contribution in [0, 0.1) is 23.0 Å². The highest BCUT2D eigenvalue weighted by Crippen LogP contribution is 2.42. The van der Waals surface area contributed by atoms with Crippen LogP contribution >= 0.6 is 34.5 Å². The van der Waals surface area contributed by atoms with Crippen LogP contribution in [0.2, 0.25) is 5.02 Å². The third-order valence-electron chi connectivity index (χ3n) is 6.13. The SMILES string of the molecule is N#CC[C@H]1CN(c2ncnc3c(F)c(-c4ccc(F)c5sc(N)nc45)c(Cl)cc23)CCN1C(=O)CCl. The van der Waals surface area contributed by atoms with Gasteiger partial charge in [-0.15, -0.1) is 11.6 Å². The molecule has 5 rings (SSSR count). The number of aromatic nitrogens is 3. The number of hydrogen-bond donors (Lipinski definition) is 1.